The Morgan fingerprint density at radius 1 is 1.12 bits per heavy atom. The Balaban J connectivity index is 1.69. The van der Waals surface area contributed by atoms with Crippen molar-refractivity contribution >= 4 is 0 Å². The number of hydrogen-bond donors (Lipinski definition) is 1. The summed E-state index contributed by atoms with van der Waals surface area (Å²) < 4.78 is 0. The van der Waals surface area contributed by atoms with Crippen LogP contribution in [-0.2, 0) is 0 Å². The molecular formula is C13H27N3. The summed E-state index contributed by atoms with van der Waals surface area (Å²) in [6.45, 7) is 13.5. The zero-order valence-electron chi connectivity index (χ0n) is 10.9. The summed E-state index contributed by atoms with van der Waals surface area (Å²) in [6, 6.07) is 0.685. The molecule has 2 rings (SSSR count). The lowest BCUT2D eigenvalue weighted by Gasteiger charge is -2.37. The van der Waals surface area contributed by atoms with Crippen LogP contribution >= 0.6 is 0 Å². The Labute approximate surface area is 100 Å². The molecule has 0 radical (unpaired) electrons. The molecule has 0 bridgehead atoms. The van der Waals surface area contributed by atoms with Gasteiger partial charge in [-0.2, -0.15) is 0 Å². The summed E-state index contributed by atoms with van der Waals surface area (Å²) in [6.07, 6.45) is 2.82. The van der Waals surface area contributed by atoms with Gasteiger partial charge in [0, 0.05) is 32.2 Å². The van der Waals surface area contributed by atoms with Crippen molar-refractivity contribution in [2.45, 2.75) is 32.7 Å². The summed E-state index contributed by atoms with van der Waals surface area (Å²) in [4.78, 5) is 5.24. The SMILES string of the molecule is CCN1CCC(CN2CCNC(C)C2)CC1. The Morgan fingerprint density at radius 3 is 2.50 bits per heavy atom. The van der Waals surface area contributed by atoms with Crippen LogP contribution in [-0.4, -0.2) is 61.7 Å². The quantitative estimate of drug-likeness (QED) is 0.773. The van der Waals surface area contributed by atoms with Crippen LogP contribution < -0.4 is 5.32 Å². The maximum Gasteiger partial charge on any atom is 0.0167 e. The lowest BCUT2D eigenvalue weighted by molar-refractivity contribution is 0.128. The largest absolute Gasteiger partial charge is 0.312 e. The molecule has 0 aliphatic carbocycles. The van der Waals surface area contributed by atoms with E-state index in [0.717, 1.165) is 5.92 Å². The first-order valence-corrected chi connectivity index (χ1v) is 6.96. The maximum atomic E-state index is 3.52. The highest BCUT2D eigenvalue weighted by atomic mass is 15.2. The van der Waals surface area contributed by atoms with Crippen LogP contribution in [0.2, 0.25) is 0 Å². The van der Waals surface area contributed by atoms with Gasteiger partial charge < -0.3 is 15.1 Å². The predicted octanol–water partition coefficient (Wildman–Crippen LogP) is 1.01. The Bertz CT molecular complexity index is 199. The average Bonchev–Trinajstić information content (AvgIpc) is 2.30. The molecule has 2 heterocycles. The second-order valence-electron chi connectivity index (χ2n) is 5.49. The van der Waals surface area contributed by atoms with Crippen molar-refractivity contribution in [2.24, 2.45) is 5.92 Å². The topological polar surface area (TPSA) is 18.5 Å². The van der Waals surface area contributed by atoms with E-state index < -0.39 is 0 Å². The zero-order chi connectivity index (χ0) is 11.4. The molecule has 16 heavy (non-hydrogen) atoms. The van der Waals surface area contributed by atoms with Gasteiger partial charge in [0.15, 0.2) is 0 Å². The van der Waals surface area contributed by atoms with Gasteiger partial charge >= 0.3 is 0 Å². The normalized spacial score (nSPS) is 30.8. The number of likely N-dealkylation sites (tertiary alicyclic amines) is 1. The first kappa shape index (κ1) is 12.3. The van der Waals surface area contributed by atoms with Gasteiger partial charge in [0.25, 0.3) is 0 Å². The van der Waals surface area contributed by atoms with E-state index in [0.29, 0.717) is 6.04 Å². The van der Waals surface area contributed by atoms with Crippen LogP contribution in [0.5, 0.6) is 0 Å². The third kappa shape index (κ3) is 3.44. The number of piperazine rings is 1. The van der Waals surface area contributed by atoms with Gasteiger partial charge in [-0.1, -0.05) is 6.92 Å². The second kappa shape index (κ2) is 5.99. The van der Waals surface area contributed by atoms with Gasteiger partial charge in [-0.15, -0.1) is 0 Å². The van der Waals surface area contributed by atoms with E-state index >= 15 is 0 Å². The minimum absolute atomic E-state index is 0.685. The second-order valence-corrected chi connectivity index (χ2v) is 5.49. The van der Waals surface area contributed by atoms with E-state index in [1.807, 2.05) is 0 Å². The summed E-state index contributed by atoms with van der Waals surface area (Å²) >= 11 is 0. The van der Waals surface area contributed by atoms with Gasteiger partial charge in [-0.3, -0.25) is 0 Å². The molecule has 3 nitrogen and oxygen atoms in total. The van der Waals surface area contributed by atoms with Crippen molar-refractivity contribution in [3.63, 3.8) is 0 Å². The number of nitrogens with zero attached hydrogens (tertiary/aromatic N) is 2. The van der Waals surface area contributed by atoms with E-state index in [1.165, 1.54) is 58.7 Å². The van der Waals surface area contributed by atoms with Gasteiger partial charge in [0.2, 0.25) is 0 Å². The predicted molar refractivity (Wildman–Crippen MR) is 68.7 cm³/mol. The van der Waals surface area contributed by atoms with Gasteiger partial charge in [-0.05, 0) is 45.3 Å². The first-order chi connectivity index (χ1) is 7.78. The smallest absolute Gasteiger partial charge is 0.0167 e. The Kier molecular flexibility index (Phi) is 4.62. The van der Waals surface area contributed by atoms with E-state index in [-0.39, 0.29) is 0 Å². The summed E-state index contributed by atoms with van der Waals surface area (Å²) in [7, 11) is 0. The fourth-order valence-electron chi connectivity index (χ4n) is 3.03. The number of piperidine rings is 1. The van der Waals surface area contributed by atoms with Crippen molar-refractivity contribution < 1.29 is 0 Å². The highest BCUT2D eigenvalue weighted by Crippen LogP contribution is 2.18. The first-order valence-electron chi connectivity index (χ1n) is 6.96. The van der Waals surface area contributed by atoms with Crippen LogP contribution in [0, 0.1) is 5.92 Å². The molecule has 1 N–H and O–H groups in total. The van der Waals surface area contributed by atoms with E-state index in [4.69, 9.17) is 0 Å². The standard InChI is InChI=1S/C13H27N3/c1-3-15-7-4-13(5-8-15)11-16-9-6-14-12(2)10-16/h12-14H,3-11H2,1-2H3. The fourth-order valence-corrected chi connectivity index (χ4v) is 3.03. The number of hydrogen-bond acceptors (Lipinski definition) is 3. The number of rotatable bonds is 3. The molecule has 1 unspecified atom stereocenters. The summed E-state index contributed by atoms with van der Waals surface area (Å²) in [5, 5.41) is 3.52. The van der Waals surface area contributed by atoms with E-state index in [1.54, 1.807) is 0 Å². The van der Waals surface area contributed by atoms with Crippen LogP contribution in [0.4, 0.5) is 0 Å². The molecule has 2 aliphatic heterocycles. The van der Waals surface area contributed by atoms with Crippen LogP contribution in [0.15, 0.2) is 0 Å². The molecule has 0 saturated carbocycles. The molecule has 2 saturated heterocycles. The molecule has 2 aliphatic rings. The van der Waals surface area contributed by atoms with Crippen molar-refractivity contribution in [3.05, 3.63) is 0 Å². The minimum atomic E-state index is 0.685. The van der Waals surface area contributed by atoms with Crippen LogP contribution in [0.3, 0.4) is 0 Å². The van der Waals surface area contributed by atoms with Gasteiger partial charge in [-0.25, -0.2) is 0 Å². The molecule has 0 aromatic carbocycles. The average molecular weight is 225 g/mol. The number of nitrogens with one attached hydrogen (secondary N) is 1. The molecule has 94 valence electrons. The van der Waals surface area contributed by atoms with Crippen molar-refractivity contribution in [2.75, 3.05) is 45.8 Å². The molecule has 2 fully saturated rings. The molecule has 0 aromatic heterocycles. The highest BCUT2D eigenvalue weighted by Gasteiger charge is 2.22. The monoisotopic (exact) mass is 225 g/mol. The Morgan fingerprint density at radius 2 is 1.88 bits per heavy atom. The third-order valence-electron chi connectivity index (χ3n) is 4.12. The fraction of sp³-hybridized carbons (Fsp3) is 1.00. The van der Waals surface area contributed by atoms with E-state index in [2.05, 4.69) is 29.0 Å². The highest BCUT2D eigenvalue weighted by molar-refractivity contribution is 4.79. The molecule has 3 heteroatoms. The van der Waals surface area contributed by atoms with Crippen molar-refractivity contribution in [1.29, 1.82) is 0 Å². The van der Waals surface area contributed by atoms with Gasteiger partial charge in [0.05, 0.1) is 0 Å². The van der Waals surface area contributed by atoms with Crippen LogP contribution in [0.25, 0.3) is 0 Å². The van der Waals surface area contributed by atoms with E-state index in [9.17, 15) is 0 Å². The summed E-state index contributed by atoms with van der Waals surface area (Å²) in [5.41, 5.74) is 0. The molecule has 0 aromatic rings. The van der Waals surface area contributed by atoms with Crippen molar-refractivity contribution in [3.8, 4) is 0 Å². The zero-order valence-corrected chi connectivity index (χ0v) is 10.9. The lowest BCUT2D eigenvalue weighted by Crippen LogP contribution is -2.51. The third-order valence-corrected chi connectivity index (χ3v) is 4.12. The lowest BCUT2D eigenvalue weighted by atomic mass is 9.96. The molecular weight excluding hydrogens is 198 g/mol. The minimum Gasteiger partial charge on any atom is -0.312 e. The maximum absolute atomic E-state index is 3.52. The molecule has 0 spiro atoms. The summed E-state index contributed by atoms with van der Waals surface area (Å²) in [5.74, 6) is 0.952. The molecule has 0 amide bonds. The van der Waals surface area contributed by atoms with Crippen LogP contribution in [0.1, 0.15) is 26.7 Å². The van der Waals surface area contributed by atoms with Gasteiger partial charge in [0.1, 0.15) is 0 Å². The van der Waals surface area contributed by atoms with Crippen molar-refractivity contribution in [1.82, 2.24) is 15.1 Å². The Hall–Kier alpha value is -0.120. The molecule has 1 atom stereocenters.